The normalized spacial score (nSPS) is 15.9. The standard InChI is InChI=1S/C58H42N2OS/c1-62(2)56-22-11-9-20-48(56)58-49-36-53-51(34-41(49)25-30-57(58)62)50-33-40(24-29-52(50)60(53)42-16-4-3-5-17-42)39-15-12-18-43(32-39)59(44-26-23-37-13-6-7-14-38(37)31-44)45-27-28-47-46-19-8-10-21-54(46)61-55(47)35-45/h3-16,18-36,42H,17H2,1-2H3. The first-order chi connectivity index (χ1) is 30.5. The number of hydrogen-bond acceptors (Lipinski definition) is 2. The minimum absolute atomic E-state index is 0.234. The third-order valence-corrected chi connectivity index (χ3v) is 16.4. The fraction of sp³-hybridized carbons (Fsp3) is 0.0690. The van der Waals surface area contributed by atoms with Crippen LogP contribution in [0.4, 0.5) is 17.1 Å². The Morgan fingerprint density at radius 2 is 1.26 bits per heavy atom. The molecule has 296 valence electrons. The van der Waals surface area contributed by atoms with Crippen LogP contribution >= 0.6 is 10.0 Å². The van der Waals surface area contributed by atoms with Gasteiger partial charge in [0.1, 0.15) is 11.2 Å². The molecule has 9 aromatic carbocycles. The van der Waals surface area contributed by atoms with Crippen molar-refractivity contribution in [2.45, 2.75) is 22.3 Å². The highest BCUT2D eigenvalue weighted by molar-refractivity contribution is 8.33. The van der Waals surface area contributed by atoms with Crippen LogP contribution in [0.3, 0.4) is 0 Å². The van der Waals surface area contributed by atoms with Gasteiger partial charge in [-0.05, 0) is 136 Å². The van der Waals surface area contributed by atoms with E-state index in [9.17, 15) is 0 Å². The summed E-state index contributed by atoms with van der Waals surface area (Å²) in [6.45, 7) is 0. The molecule has 4 heteroatoms. The molecule has 1 unspecified atom stereocenters. The SMILES string of the molecule is CS1(C)c2ccccc2-c2c1ccc1cc3c4cc(-c5cccc(N(c6ccc7ccccc7c6)c6ccc7c(c6)oc6ccccc67)c5)ccc4n(C4C=CC=CC4)c3cc21. The van der Waals surface area contributed by atoms with Crippen LogP contribution in [-0.4, -0.2) is 17.1 Å². The molecule has 0 bridgehead atoms. The van der Waals surface area contributed by atoms with Crippen molar-refractivity contribution in [3.63, 3.8) is 0 Å². The smallest absolute Gasteiger partial charge is 0.137 e. The van der Waals surface area contributed by atoms with Crippen LogP contribution in [0.1, 0.15) is 12.5 Å². The van der Waals surface area contributed by atoms with Gasteiger partial charge in [0.25, 0.3) is 0 Å². The highest BCUT2D eigenvalue weighted by Gasteiger charge is 2.33. The lowest BCUT2D eigenvalue weighted by molar-refractivity contribution is 0.648. The van der Waals surface area contributed by atoms with Crippen molar-refractivity contribution >= 4 is 92.4 Å². The van der Waals surface area contributed by atoms with Gasteiger partial charge in [0.2, 0.25) is 0 Å². The Kier molecular flexibility index (Phi) is 7.65. The first-order valence-corrected chi connectivity index (χ1v) is 23.9. The third kappa shape index (κ3) is 5.26. The van der Waals surface area contributed by atoms with E-state index >= 15 is 0 Å². The molecule has 3 nitrogen and oxygen atoms in total. The summed E-state index contributed by atoms with van der Waals surface area (Å²) in [5.74, 6) is 0. The fourth-order valence-electron chi connectivity index (χ4n) is 10.5. The van der Waals surface area contributed by atoms with Crippen LogP contribution in [0.5, 0.6) is 0 Å². The molecular weight excluding hydrogens is 773 g/mol. The molecule has 0 fully saturated rings. The number of aromatic nitrogens is 1. The minimum atomic E-state index is -1.11. The number of furan rings is 1. The van der Waals surface area contributed by atoms with Gasteiger partial charge in [-0.2, -0.15) is 10.0 Å². The van der Waals surface area contributed by atoms with E-state index in [0.29, 0.717) is 0 Å². The van der Waals surface area contributed by atoms with Gasteiger partial charge < -0.3 is 13.9 Å². The molecule has 0 saturated carbocycles. The van der Waals surface area contributed by atoms with Gasteiger partial charge in [-0.1, -0.05) is 115 Å². The van der Waals surface area contributed by atoms with E-state index in [4.69, 9.17) is 4.42 Å². The first kappa shape index (κ1) is 35.5. The molecule has 3 heterocycles. The molecule has 1 atom stereocenters. The second-order valence-corrected chi connectivity index (χ2v) is 20.8. The van der Waals surface area contributed by atoms with Gasteiger partial charge in [0.05, 0.1) is 11.6 Å². The number of fused-ring (bicyclic) bond motifs is 12. The van der Waals surface area contributed by atoms with Crippen molar-refractivity contribution in [3.8, 4) is 22.3 Å². The van der Waals surface area contributed by atoms with Gasteiger partial charge in [-0.25, -0.2) is 0 Å². The van der Waals surface area contributed by atoms with E-state index in [1.807, 2.05) is 12.1 Å². The highest BCUT2D eigenvalue weighted by Crippen LogP contribution is 2.68. The molecule has 0 amide bonds. The molecule has 2 aromatic heterocycles. The topological polar surface area (TPSA) is 21.3 Å². The number of anilines is 3. The molecule has 0 radical (unpaired) electrons. The number of para-hydroxylation sites is 1. The summed E-state index contributed by atoms with van der Waals surface area (Å²) < 4.78 is 9.03. The van der Waals surface area contributed by atoms with Crippen molar-refractivity contribution in [1.29, 1.82) is 0 Å². The highest BCUT2D eigenvalue weighted by atomic mass is 32.3. The monoisotopic (exact) mass is 814 g/mol. The van der Waals surface area contributed by atoms with Crippen LogP contribution in [-0.2, 0) is 0 Å². The largest absolute Gasteiger partial charge is 0.456 e. The molecule has 0 saturated heterocycles. The molecule has 2 aliphatic rings. The van der Waals surface area contributed by atoms with E-state index in [0.717, 1.165) is 45.4 Å². The van der Waals surface area contributed by atoms with E-state index in [1.54, 1.807) is 0 Å². The van der Waals surface area contributed by atoms with Crippen molar-refractivity contribution in [2.75, 3.05) is 17.4 Å². The molecule has 0 N–H and O–H groups in total. The van der Waals surface area contributed by atoms with E-state index < -0.39 is 10.0 Å². The van der Waals surface area contributed by atoms with Gasteiger partial charge >= 0.3 is 0 Å². The van der Waals surface area contributed by atoms with E-state index in [1.165, 1.54) is 75.4 Å². The van der Waals surface area contributed by atoms with Crippen LogP contribution in [0, 0.1) is 0 Å². The fourth-order valence-corrected chi connectivity index (χ4v) is 13.0. The second kappa shape index (κ2) is 13.4. The van der Waals surface area contributed by atoms with Crippen LogP contribution in [0.15, 0.2) is 214 Å². The predicted octanol–water partition coefficient (Wildman–Crippen LogP) is 16.7. The summed E-state index contributed by atoms with van der Waals surface area (Å²) in [5, 5.41) is 9.89. The summed E-state index contributed by atoms with van der Waals surface area (Å²) in [5.41, 5.74) is 12.7. The van der Waals surface area contributed by atoms with Gasteiger partial charge in [0, 0.05) is 65.5 Å². The van der Waals surface area contributed by atoms with Crippen molar-refractivity contribution in [1.82, 2.24) is 4.57 Å². The number of allylic oxidation sites excluding steroid dienone is 4. The summed E-state index contributed by atoms with van der Waals surface area (Å²) in [7, 11) is -1.11. The summed E-state index contributed by atoms with van der Waals surface area (Å²) >= 11 is 0. The van der Waals surface area contributed by atoms with Crippen LogP contribution in [0.2, 0.25) is 0 Å². The Hall–Kier alpha value is -7.27. The molecular formula is C58H42N2OS. The number of benzene rings is 9. The van der Waals surface area contributed by atoms with Crippen molar-refractivity contribution in [2.24, 2.45) is 0 Å². The van der Waals surface area contributed by atoms with Gasteiger partial charge in [0.15, 0.2) is 0 Å². The lowest BCUT2D eigenvalue weighted by Gasteiger charge is -2.28. The molecule has 13 rings (SSSR count). The number of hydrogen-bond donors (Lipinski definition) is 0. The van der Waals surface area contributed by atoms with Gasteiger partial charge in [-0.3, -0.25) is 0 Å². The molecule has 0 spiro atoms. The zero-order chi connectivity index (χ0) is 41.1. The number of rotatable bonds is 5. The van der Waals surface area contributed by atoms with E-state index in [2.05, 4.69) is 210 Å². The predicted molar refractivity (Wildman–Crippen MR) is 265 cm³/mol. The van der Waals surface area contributed by atoms with E-state index in [-0.39, 0.29) is 6.04 Å². The Bertz CT molecular complexity index is 3730. The average molecular weight is 815 g/mol. The second-order valence-electron chi connectivity index (χ2n) is 17.3. The Balaban J connectivity index is 0.993. The number of nitrogens with zero attached hydrogens (tertiary/aromatic N) is 2. The van der Waals surface area contributed by atoms with Crippen LogP contribution < -0.4 is 4.90 Å². The van der Waals surface area contributed by atoms with Gasteiger partial charge in [-0.15, -0.1) is 0 Å². The molecule has 1 aliphatic carbocycles. The quantitative estimate of drug-likeness (QED) is 0.173. The third-order valence-electron chi connectivity index (χ3n) is 13.5. The lowest BCUT2D eigenvalue weighted by Crippen LogP contribution is -2.10. The van der Waals surface area contributed by atoms with Crippen LogP contribution in [0.25, 0.3) is 87.5 Å². The summed E-state index contributed by atoms with van der Waals surface area (Å²) in [4.78, 5) is 5.34. The van der Waals surface area contributed by atoms with Crippen molar-refractivity contribution in [3.05, 3.63) is 200 Å². The summed E-state index contributed by atoms with van der Waals surface area (Å²) in [6, 6.07) is 65.4. The Morgan fingerprint density at radius 3 is 2.18 bits per heavy atom. The lowest BCUT2D eigenvalue weighted by atomic mass is 9.96. The zero-order valence-electron chi connectivity index (χ0n) is 34.5. The zero-order valence-corrected chi connectivity index (χ0v) is 35.4. The Labute approximate surface area is 361 Å². The minimum Gasteiger partial charge on any atom is -0.456 e. The molecule has 1 aliphatic heterocycles. The summed E-state index contributed by atoms with van der Waals surface area (Å²) in [6.07, 6.45) is 14.9. The molecule has 62 heavy (non-hydrogen) atoms. The maximum atomic E-state index is 6.44. The first-order valence-electron chi connectivity index (χ1n) is 21.5. The average Bonchev–Trinajstić information content (AvgIpc) is 3.93. The maximum absolute atomic E-state index is 6.44. The van der Waals surface area contributed by atoms with Crippen molar-refractivity contribution < 1.29 is 4.42 Å². The maximum Gasteiger partial charge on any atom is 0.137 e. The molecule has 11 aromatic rings. The Morgan fingerprint density at radius 1 is 0.500 bits per heavy atom.